The van der Waals surface area contributed by atoms with Crippen molar-refractivity contribution in [2.75, 3.05) is 0 Å². The zero-order valence-corrected chi connectivity index (χ0v) is 13.9. The van der Waals surface area contributed by atoms with E-state index >= 15 is 0 Å². The van der Waals surface area contributed by atoms with Gasteiger partial charge >= 0.3 is 0 Å². The van der Waals surface area contributed by atoms with Gasteiger partial charge in [-0.25, -0.2) is 4.39 Å². The van der Waals surface area contributed by atoms with E-state index in [4.69, 9.17) is 5.84 Å². The number of hydrazine groups is 1. The zero-order chi connectivity index (χ0) is 15.4. The lowest BCUT2D eigenvalue weighted by Crippen LogP contribution is -2.38. The summed E-state index contributed by atoms with van der Waals surface area (Å²) in [6, 6.07) is 11.7. The number of benzene rings is 2. The Balaban J connectivity index is 2.10. The molecule has 0 aromatic heterocycles. The molecule has 0 heterocycles. The molecule has 3 N–H and O–H groups in total. The minimum atomic E-state index is -0.245. The highest BCUT2D eigenvalue weighted by Gasteiger charge is 2.11. The molecule has 0 saturated heterocycles. The van der Waals surface area contributed by atoms with E-state index < -0.39 is 0 Å². The van der Waals surface area contributed by atoms with Crippen molar-refractivity contribution in [3.05, 3.63) is 68.9 Å². The fourth-order valence-corrected chi connectivity index (χ4v) is 3.04. The molecule has 2 aromatic carbocycles. The van der Waals surface area contributed by atoms with Gasteiger partial charge in [-0.2, -0.15) is 0 Å². The molecule has 0 fully saturated rings. The molecule has 21 heavy (non-hydrogen) atoms. The van der Waals surface area contributed by atoms with E-state index in [9.17, 15) is 4.39 Å². The summed E-state index contributed by atoms with van der Waals surface area (Å²) in [5, 5.41) is 0. The van der Waals surface area contributed by atoms with Crippen LogP contribution in [-0.4, -0.2) is 6.04 Å². The van der Waals surface area contributed by atoms with Crippen molar-refractivity contribution in [1.82, 2.24) is 5.43 Å². The number of hydrogen-bond donors (Lipinski definition) is 2. The van der Waals surface area contributed by atoms with Crippen molar-refractivity contribution in [2.24, 2.45) is 5.84 Å². The van der Waals surface area contributed by atoms with E-state index in [2.05, 4.69) is 53.4 Å². The topological polar surface area (TPSA) is 38.0 Å². The lowest BCUT2D eigenvalue weighted by atomic mass is 9.97. The van der Waals surface area contributed by atoms with Crippen LogP contribution in [-0.2, 0) is 12.8 Å². The van der Waals surface area contributed by atoms with Crippen molar-refractivity contribution < 1.29 is 4.39 Å². The fraction of sp³-hybridized carbons (Fsp3) is 0.294. The largest absolute Gasteiger partial charge is 0.271 e. The number of nitrogens with one attached hydrogen (secondary N) is 1. The van der Waals surface area contributed by atoms with E-state index in [1.807, 2.05) is 0 Å². The van der Waals surface area contributed by atoms with E-state index in [-0.39, 0.29) is 11.9 Å². The molecular weight excluding hydrogens is 331 g/mol. The van der Waals surface area contributed by atoms with Crippen LogP contribution in [0.4, 0.5) is 4.39 Å². The summed E-state index contributed by atoms with van der Waals surface area (Å²) in [4.78, 5) is 0. The van der Waals surface area contributed by atoms with Crippen LogP contribution in [0.2, 0.25) is 0 Å². The molecule has 0 aliphatic heterocycles. The van der Waals surface area contributed by atoms with Crippen molar-refractivity contribution in [2.45, 2.75) is 32.7 Å². The first-order valence-electron chi connectivity index (χ1n) is 6.95. The fourth-order valence-electron chi connectivity index (χ4n) is 2.61. The lowest BCUT2D eigenvalue weighted by molar-refractivity contribution is 0.521. The van der Waals surface area contributed by atoms with Crippen LogP contribution in [0.3, 0.4) is 0 Å². The molecule has 0 amide bonds. The number of aryl methyl sites for hydroxylation is 2. The zero-order valence-electron chi connectivity index (χ0n) is 12.3. The second kappa shape index (κ2) is 7.16. The Morgan fingerprint density at radius 1 is 1.05 bits per heavy atom. The van der Waals surface area contributed by atoms with Crippen LogP contribution in [0.1, 0.15) is 22.3 Å². The van der Waals surface area contributed by atoms with Crippen molar-refractivity contribution in [1.29, 1.82) is 0 Å². The second-order valence-corrected chi connectivity index (χ2v) is 6.37. The second-order valence-electron chi connectivity index (χ2n) is 5.52. The molecule has 4 heteroatoms. The number of rotatable bonds is 5. The molecule has 2 nitrogen and oxygen atoms in total. The molecule has 112 valence electrons. The molecular formula is C17H20BrFN2. The Labute approximate surface area is 133 Å². The van der Waals surface area contributed by atoms with E-state index in [0.717, 1.165) is 18.4 Å². The van der Waals surface area contributed by atoms with Gasteiger partial charge in [-0.3, -0.25) is 11.3 Å². The molecule has 2 rings (SSSR count). The van der Waals surface area contributed by atoms with Gasteiger partial charge in [0.2, 0.25) is 0 Å². The third-order valence-electron chi connectivity index (χ3n) is 3.47. The smallest absolute Gasteiger partial charge is 0.137 e. The maximum Gasteiger partial charge on any atom is 0.137 e. The van der Waals surface area contributed by atoms with E-state index in [1.165, 1.54) is 22.8 Å². The number of halogens is 2. The highest BCUT2D eigenvalue weighted by molar-refractivity contribution is 9.10. The van der Waals surface area contributed by atoms with Crippen LogP contribution in [0.15, 0.2) is 40.9 Å². The molecule has 0 aliphatic rings. The predicted molar refractivity (Wildman–Crippen MR) is 88.5 cm³/mol. The van der Waals surface area contributed by atoms with E-state index in [1.54, 1.807) is 12.1 Å². The van der Waals surface area contributed by atoms with Crippen LogP contribution in [0.25, 0.3) is 0 Å². The summed E-state index contributed by atoms with van der Waals surface area (Å²) in [5.41, 5.74) is 7.69. The predicted octanol–water partition coefficient (Wildman–Crippen LogP) is 3.82. The average Bonchev–Trinajstić information content (AvgIpc) is 2.41. The Bertz CT molecular complexity index is 608. The minimum Gasteiger partial charge on any atom is -0.271 e. The maximum atomic E-state index is 13.3. The minimum absolute atomic E-state index is 0.114. The Kier molecular flexibility index (Phi) is 5.51. The van der Waals surface area contributed by atoms with Gasteiger partial charge < -0.3 is 0 Å². The van der Waals surface area contributed by atoms with Crippen LogP contribution in [0.5, 0.6) is 0 Å². The third kappa shape index (κ3) is 4.63. The van der Waals surface area contributed by atoms with Gasteiger partial charge in [-0.05, 0) is 65.9 Å². The molecule has 1 unspecified atom stereocenters. The summed E-state index contributed by atoms with van der Waals surface area (Å²) >= 11 is 3.22. The van der Waals surface area contributed by atoms with Gasteiger partial charge in [0.25, 0.3) is 0 Å². The van der Waals surface area contributed by atoms with Gasteiger partial charge in [0.05, 0.1) is 4.47 Å². The van der Waals surface area contributed by atoms with Gasteiger partial charge in [-0.15, -0.1) is 0 Å². The first kappa shape index (κ1) is 16.1. The number of nitrogens with two attached hydrogens (primary N) is 1. The maximum absolute atomic E-state index is 13.3. The average molecular weight is 351 g/mol. The Morgan fingerprint density at radius 2 is 1.67 bits per heavy atom. The Hall–Kier alpha value is -1.23. The molecule has 0 radical (unpaired) electrons. The molecule has 0 bridgehead atoms. The molecule has 1 atom stereocenters. The first-order chi connectivity index (χ1) is 9.97. The first-order valence-corrected chi connectivity index (χ1v) is 7.74. The summed E-state index contributed by atoms with van der Waals surface area (Å²) in [5.74, 6) is 5.43. The highest BCUT2D eigenvalue weighted by atomic mass is 79.9. The molecule has 0 saturated carbocycles. The summed E-state index contributed by atoms with van der Waals surface area (Å²) in [6.45, 7) is 4.19. The van der Waals surface area contributed by atoms with Gasteiger partial charge in [0.15, 0.2) is 0 Å². The van der Waals surface area contributed by atoms with Crippen LogP contribution < -0.4 is 11.3 Å². The normalized spacial score (nSPS) is 12.4. The van der Waals surface area contributed by atoms with Crippen molar-refractivity contribution >= 4 is 15.9 Å². The van der Waals surface area contributed by atoms with Crippen molar-refractivity contribution in [3.8, 4) is 0 Å². The molecule has 2 aromatic rings. The summed E-state index contributed by atoms with van der Waals surface area (Å²) < 4.78 is 13.8. The van der Waals surface area contributed by atoms with Gasteiger partial charge in [-0.1, -0.05) is 35.4 Å². The van der Waals surface area contributed by atoms with Gasteiger partial charge in [0.1, 0.15) is 5.82 Å². The SMILES string of the molecule is Cc1cc(C)cc(CC(Cc2ccc(F)c(Br)c2)NN)c1. The van der Waals surface area contributed by atoms with Crippen molar-refractivity contribution in [3.63, 3.8) is 0 Å². The monoisotopic (exact) mass is 350 g/mol. The third-order valence-corrected chi connectivity index (χ3v) is 4.07. The van der Waals surface area contributed by atoms with Crippen LogP contribution >= 0.6 is 15.9 Å². The summed E-state index contributed by atoms with van der Waals surface area (Å²) in [6.07, 6.45) is 1.59. The Morgan fingerprint density at radius 3 is 2.24 bits per heavy atom. The van der Waals surface area contributed by atoms with E-state index in [0.29, 0.717) is 4.47 Å². The quantitative estimate of drug-likeness (QED) is 0.635. The molecule has 0 spiro atoms. The highest BCUT2D eigenvalue weighted by Crippen LogP contribution is 2.19. The van der Waals surface area contributed by atoms with Gasteiger partial charge in [0, 0.05) is 6.04 Å². The molecule has 0 aliphatic carbocycles. The number of hydrogen-bond acceptors (Lipinski definition) is 2. The lowest BCUT2D eigenvalue weighted by Gasteiger charge is -2.17. The van der Waals surface area contributed by atoms with Crippen LogP contribution in [0, 0.1) is 19.7 Å². The summed E-state index contributed by atoms with van der Waals surface area (Å²) in [7, 11) is 0. The standard InChI is InChI=1S/C17H20BrFN2/c1-11-5-12(2)7-14(6-11)9-15(21-20)8-13-3-4-17(19)16(18)10-13/h3-7,10,15,21H,8-9,20H2,1-2H3.